The lowest BCUT2D eigenvalue weighted by Gasteiger charge is -2.31. The van der Waals surface area contributed by atoms with Crippen LogP contribution in [-0.4, -0.2) is 34.7 Å². The first kappa shape index (κ1) is 15.2. The molecule has 1 atom stereocenters. The van der Waals surface area contributed by atoms with Crippen LogP contribution < -0.4 is 0 Å². The van der Waals surface area contributed by atoms with E-state index in [0.717, 1.165) is 26.1 Å². The molecule has 1 aliphatic carbocycles. The zero-order chi connectivity index (χ0) is 14.5. The predicted octanol–water partition coefficient (Wildman–Crippen LogP) is 3.64. The van der Waals surface area contributed by atoms with E-state index in [2.05, 4.69) is 18.7 Å². The fourth-order valence-electron chi connectivity index (χ4n) is 3.36. The van der Waals surface area contributed by atoms with E-state index in [1.165, 1.54) is 36.8 Å². The highest BCUT2D eigenvalue weighted by Gasteiger charge is 2.23. The number of phenolic OH excluding ortho intramolecular Hbond substituents is 2. The molecule has 2 N–H and O–H groups in total. The zero-order valence-corrected chi connectivity index (χ0v) is 12.7. The molecule has 112 valence electrons. The molecule has 0 saturated carbocycles. The molecule has 0 aliphatic heterocycles. The molecule has 0 unspecified atom stereocenters. The van der Waals surface area contributed by atoms with Crippen LogP contribution in [0.5, 0.6) is 11.5 Å². The highest BCUT2D eigenvalue weighted by atomic mass is 16.3. The highest BCUT2D eigenvalue weighted by molar-refractivity contribution is 5.47. The Bertz CT molecular complexity index is 439. The average molecular weight is 277 g/mol. The normalized spacial score (nSPS) is 18.2. The van der Waals surface area contributed by atoms with Crippen molar-refractivity contribution in [3.63, 3.8) is 0 Å². The first-order valence-electron chi connectivity index (χ1n) is 7.92. The molecule has 0 fully saturated rings. The standard InChI is InChI=1S/C17H27NO2/c1-3-8-18(9-4-2)12-14-7-5-6-13-10-16(19)17(20)11-15(13)14/h10-11,14,19-20H,3-9,12H2,1-2H3/t14-/m1/s1. The van der Waals surface area contributed by atoms with E-state index < -0.39 is 0 Å². The number of nitrogens with zero attached hydrogens (tertiary/aromatic N) is 1. The summed E-state index contributed by atoms with van der Waals surface area (Å²) in [6.45, 7) is 7.80. The smallest absolute Gasteiger partial charge is 0.157 e. The molecule has 0 aromatic heterocycles. The minimum atomic E-state index is 0.0170. The van der Waals surface area contributed by atoms with Crippen LogP contribution in [-0.2, 0) is 6.42 Å². The topological polar surface area (TPSA) is 43.7 Å². The highest BCUT2D eigenvalue weighted by Crippen LogP contribution is 2.38. The summed E-state index contributed by atoms with van der Waals surface area (Å²) in [6, 6.07) is 3.53. The maximum absolute atomic E-state index is 9.77. The summed E-state index contributed by atoms with van der Waals surface area (Å²) in [5.41, 5.74) is 2.45. The van der Waals surface area contributed by atoms with Crippen molar-refractivity contribution in [1.82, 2.24) is 4.90 Å². The van der Waals surface area contributed by atoms with E-state index >= 15 is 0 Å². The van der Waals surface area contributed by atoms with Gasteiger partial charge in [-0.25, -0.2) is 0 Å². The number of fused-ring (bicyclic) bond motifs is 1. The van der Waals surface area contributed by atoms with E-state index in [9.17, 15) is 10.2 Å². The van der Waals surface area contributed by atoms with Crippen LogP contribution >= 0.6 is 0 Å². The van der Waals surface area contributed by atoms with Gasteiger partial charge in [0.05, 0.1) is 0 Å². The molecule has 0 radical (unpaired) electrons. The van der Waals surface area contributed by atoms with E-state index in [0.29, 0.717) is 5.92 Å². The summed E-state index contributed by atoms with van der Waals surface area (Å²) in [6.07, 6.45) is 5.73. The van der Waals surface area contributed by atoms with E-state index in [-0.39, 0.29) is 11.5 Å². The van der Waals surface area contributed by atoms with Gasteiger partial charge in [-0.3, -0.25) is 0 Å². The fraction of sp³-hybridized carbons (Fsp3) is 0.647. The first-order chi connectivity index (χ1) is 9.65. The second-order valence-electron chi connectivity index (χ2n) is 5.93. The van der Waals surface area contributed by atoms with E-state index in [4.69, 9.17) is 0 Å². The Kier molecular flexibility index (Phi) is 5.30. The number of hydrogen-bond acceptors (Lipinski definition) is 3. The Labute approximate surface area is 122 Å². The number of benzene rings is 1. The van der Waals surface area contributed by atoms with Crippen molar-refractivity contribution in [3.8, 4) is 11.5 Å². The minimum Gasteiger partial charge on any atom is -0.504 e. The second kappa shape index (κ2) is 6.98. The summed E-state index contributed by atoms with van der Waals surface area (Å²) in [5, 5.41) is 19.4. The Hall–Kier alpha value is -1.22. The first-order valence-corrected chi connectivity index (χ1v) is 7.92. The number of hydrogen-bond donors (Lipinski definition) is 2. The summed E-state index contributed by atoms with van der Waals surface area (Å²) >= 11 is 0. The molecule has 3 nitrogen and oxygen atoms in total. The van der Waals surface area contributed by atoms with Crippen LogP contribution in [0.2, 0.25) is 0 Å². The third kappa shape index (κ3) is 3.45. The third-order valence-corrected chi connectivity index (χ3v) is 4.23. The van der Waals surface area contributed by atoms with Gasteiger partial charge >= 0.3 is 0 Å². The van der Waals surface area contributed by atoms with Crippen LogP contribution in [0, 0.1) is 0 Å². The molecule has 1 aromatic rings. The van der Waals surface area contributed by atoms with Crippen molar-refractivity contribution in [2.45, 2.75) is 51.9 Å². The quantitative estimate of drug-likeness (QED) is 0.780. The maximum atomic E-state index is 9.77. The minimum absolute atomic E-state index is 0.0170. The summed E-state index contributed by atoms with van der Waals surface area (Å²) in [4.78, 5) is 2.53. The van der Waals surface area contributed by atoms with Crippen LogP contribution in [0.1, 0.15) is 56.6 Å². The molecule has 1 aliphatic rings. The number of aromatic hydroxyl groups is 2. The van der Waals surface area contributed by atoms with Gasteiger partial charge in [0.15, 0.2) is 11.5 Å². The van der Waals surface area contributed by atoms with Crippen molar-refractivity contribution in [3.05, 3.63) is 23.3 Å². The molecular formula is C17H27NO2. The lowest BCUT2D eigenvalue weighted by atomic mass is 9.82. The van der Waals surface area contributed by atoms with Gasteiger partial charge in [0.1, 0.15) is 0 Å². The molecular weight excluding hydrogens is 250 g/mol. The van der Waals surface area contributed by atoms with E-state index in [1.54, 1.807) is 12.1 Å². The fourth-order valence-corrected chi connectivity index (χ4v) is 3.36. The largest absolute Gasteiger partial charge is 0.504 e. The number of rotatable bonds is 6. The van der Waals surface area contributed by atoms with E-state index in [1.807, 2.05) is 0 Å². The second-order valence-corrected chi connectivity index (χ2v) is 5.93. The molecule has 20 heavy (non-hydrogen) atoms. The van der Waals surface area contributed by atoms with Crippen molar-refractivity contribution in [2.24, 2.45) is 0 Å². The van der Waals surface area contributed by atoms with Gasteiger partial charge in [0.25, 0.3) is 0 Å². The van der Waals surface area contributed by atoms with Gasteiger partial charge < -0.3 is 15.1 Å². The Morgan fingerprint density at radius 2 is 1.75 bits per heavy atom. The summed E-state index contributed by atoms with van der Waals surface area (Å²) < 4.78 is 0. The molecule has 0 bridgehead atoms. The van der Waals surface area contributed by atoms with Crippen LogP contribution in [0.4, 0.5) is 0 Å². The summed E-state index contributed by atoms with van der Waals surface area (Å²) in [7, 11) is 0. The van der Waals surface area contributed by atoms with Crippen molar-refractivity contribution in [2.75, 3.05) is 19.6 Å². The lowest BCUT2D eigenvalue weighted by molar-refractivity contribution is 0.248. The molecule has 0 heterocycles. The van der Waals surface area contributed by atoms with Crippen molar-refractivity contribution in [1.29, 1.82) is 0 Å². The zero-order valence-electron chi connectivity index (χ0n) is 12.7. The number of phenols is 2. The third-order valence-electron chi connectivity index (χ3n) is 4.23. The number of aryl methyl sites for hydroxylation is 1. The predicted molar refractivity (Wildman–Crippen MR) is 82.5 cm³/mol. The van der Waals surface area contributed by atoms with Gasteiger partial charge in [-0.1, -0.05) is 13.8 Å². The molecule has 0 amide bonds. The van der Waals surface area contributed by atoms with Crippen molar-refractivity contribution < 1.29 is 10.2 Å². The van der Waals surface area contributed by atoms with Crippen LogP contribution in [0.3, 0.4) is 0 Å². The van der Waals surface area contributed by atoms with Crippen LogP contribution in [0.15, 0.2) is 12.1 Å². The monoisotopic (exact) mass is 277 g/mol. The molecule has 0 saturated heterocycles. The van der Waals surface area contributed by atoms with Crippen molar-refractivity contribution >= 4 is 0 Å². The van der Waals surface area contributed by atoms with Gasteiger partial charge in [-0.15, -0.1) is 0 Å². The SMILES string of the molecule is CCCN(CCC)C[C@H]1CCCc2cc(O)c(O)cc21. The molecule has 2 rings (SSSR count). The van der Waals surface area contributed by atoms with Gasteiger partial charge in [-0.05, 0) is 74.4 Å². The molecule has 1 aromatic carbocycles. The van der Waals surface area contributed by atoms with Gasteiger partial charge in [0, 0.05) is 6.54 Å². The van der Waals surface area contributed by atoms with Gasteiger partial charge in [-0.2, -0.15) is 0 Å². The molecule has 3 heteroatoms. The van der Waals surface area contributed by atoms with Gasteiger partial charge in [0.2, 0.25) is 0 Å². The summed E-state index contributed by atoms with van der Waals surface area (Å²) in [5.74, 6) is 0.528. The Balaban J connectivity index is 2.16. The Morgan fingerprint density at radius 3 is 2.40 bits per heavy atom. The maximum Gasteiger partial charge on any atom is 0.157 e. The lowest BCUT2D eigenvalue weighted by Crippen LogP contribution is -2.31. The Morgan fingerprint density at radius 1 is 1.10 bits per heavy atom. The average Bonchev–Trinajstić information content (AvgIpc) is 2.41. The molecule has 0 spiro atoms. The van der Waals surface area contributed by atoms with Crippen LogP contribution in [0.25, 0.3) is 0 Å².